The highest BCUT2D eigenvalue weighted by molar-refractivity contribution is 7.98. The second-order valence-electron chi connectivity index (χ2n) is 6.98. The molecule has 0 saturated heterocycles. The molecule has 0 unspecified atom stereocenters. The van der Waals surface area contributed by atoms with Crippen molar-refractivity contribution in [1.29, 1.82) is 0 Å². The van der Waals surface area contributed by atoms with Gasteiger partial charge in [0.05, 0.1) is 0 Å². The maximum Gasteiger partial charge on any atom is 0.226 e. The molecule has 2 N–H and O–H groups in total. The minimum Gasteiger partial charge on any atom is -0.355 e. The number of amides is 2. The second-order valence-corrected chi connectivity index (χ2v) is 8.03. The zero-order valence-corrected chi connectivity index (χ0v) is 16.2. The smallest absolute Gasteiger partial charge is 0.226 e. The molecular weight excluding hydrogens is 346 g/mol. The Balaban J connectivity index is 1.74. The Kier molecular flexibility index (Phi) is 7.21. The lowest BCUT2D eigenvalue weighted by atomic mass is 9.96. The van der Waals surface area contributed by atoms with Crippen LogP contribution in [0.15, 0.2) is 53.7 Å². The van der Waals surface area contributed by atoms with Crippen LogP contribution >= 0.6 is 11.8 Å². The Bertz CT molecular complexity index is 725. The summed E-state index contributed by atoms with van der Waals surface area (Å²) in [6.07, 6.45) is 3.87. The molecule has 0 atom stereocenters. The highest BCUT2D eigenvalue weighted by Crippen LogP contribution is 2.24. The van der Waals surface area contributed by atoms with Crippen LogP contribution in [0.2, 0.25) is 0 Å². The molecule has 0 radical (unpaired) electrons. The number of thioether (sulfide) groups is 1. The molecule has 1 aromatic heterocycles. The molecule has 26 heavy (non-hydrogen) atoms. The molecule has 2 aromatic rings. The summed E-state index contributed by atoms with van der Waals surface area (Å²) in [7, 11) is 0. The monoisotopic (exact) mass is 371 g/mol. The van der Waals surface area contributed by atoms with Crippen molar-refractivity contribution in [3.63, 3.8) is 0 Å². The molecule has 1 heterocycles. The summed E-state index contributed by atoms with van der Waals surface area (Å²) >= 11 is 1.72. The first-order valence-corrected chi connectivity index (χ1v) is 9.53. The summed E-state index contributed by atoms with van der Waals surface area (Å²) in [5.41, 5.74) is 1.48. The van der Waals surface area contributed by atoms with Gasteiger partial charge in [-0.25, -0.2) is 0 Å². The first-order valence-electron chi connectivity index (χ1n) is 8.54. The van der Waals surface area contributed by atoms with Gasteiger partial charge in [-0.05, 0) is 35.9 Å². The predicted molar refractivity (Wildman–Crippen MR) is 106 cm³/mol. The van der Waals surface area contributed by atoms with Gasteiger partial charge in [0.25, 0.3) is 0 Å². The van der Waals surface area contributed by atoms with Gasteiger partial charge in [0.2, 0.25) is 11.8 Å². The van der Waals surface area contributed by atoms with Crippen LogP contribution in [0, 0.1) is 5.41 Å². The van der Waals surface area contributed by atoms with Crippen molar-refractivity contribution >= 4 is 29.3 Å². The Morgan fingerprint density at radius 1 is 1.12 bits per heavy atom. The standard InChI is InChI=1S/C20H25N3O2S/c1-20(2,3)19(25)22-12-10-18(24)23-16-6-8-17(9-7-16)26-14-15-5-4-11-21-13-15/h4-9,11,13H,10,12,14H2,1-3H3,(H,22,25)(H,23,24). The third-order valence-electron chi connectivity index (χ3n) is 3.59. The highest BCUT2D eigenvalue weighted by atomic mass is 32.2. The fourth-order valence-electron chi connectivity index (χ4n) is 2.06. The molecule has 138 valence electrons. The number of anilines is 1. The van der Waals surface area contributed by atoms with Gasteiger partial charge in [-0.15, -0.1) is 11.8 Å². The van der Waals surface area contributed by atoms with E-state index < -0.39 is 5.41 Å². The molecule has 0 aliphatic heterocycles. The van der Waals surface area contributed by atoms with Crippen LogP contribution in [0.25, 0.3) is 0 Å². The van der Waals surface area contributed by atoms with Gasteiger partial charge in [0, 0.05) is 47.1 Å². The van der Waals surface area contributed by atoms with E-state index in [4.69, 9.17) is 0 Å². The van der Waals surface area contributed by atoms with Crippen molar-refractivity contribution < 1.29 is 9.59 Å². The summed E-state index contributed by atoms with van der Waals surface area (Å²) < 4.78 is 0. The molecule has 0 saturated carbocycles. The molecule has 0 fully saturated rings. The van der Waals surface area contributed by atoms with Gasteiger partial charge in [-0.1, -0.05) is 26.8 Å². The van der Waals surface area contributed by atoms with Crippen molar-refractivity contribution in [2.75, 3.05) is 11.9 Å². The fourth-order valence-corrected chi connectivity index (χ4v) is 2.90. The Labute approximate surface area is 159 Å². The van der Waals surface area contributed by atoms with Gasteiger partial charge in [0.15, 0.2) is 0 Å². The van der Waals surface area contributed by atoms with E-state index >= 15 is 0 Å². The number of hydrogen-bond acceptors (Lipinski definition) is 4. The molecule has 5 nitrogen and oxygen atoms in total. The molecule has 2 rings (SSSR count). The lowest BCUT2D eigenvalue weighted by molar-refractivity contribution is -0.128. The number of nitrogens with zero attached hydrogens (tertiary/aromatic N) is 1. The zero-order valence-electron chi connectivity index (χ0n) is 15.4. The van der Waals surface area contributed by atoms with E-state index in [9.17, 15) is 9.59 Å². The van der Waals surface area contributed by atoms with Gasteiger partial charge in [-0.2, -0.15) is 0 Å². The Hall–Kier alpha value is -2.34. The van der Waals surface area contributed by atoms with Crippen LogP contribution < -0.4 is 10.6 Å². The zero-order chi connectivity index (χ0) is 19.0. The van der Waals surface area contributed by atoms with Crippen LogP contribution in [0.4, 0.5) is 5.69 Å². The summed E-state index contributed by atoms with van der Waals surface area (Å²) in [5, 5.41) is 5.62. The summed E-state index contributed by atoms with van der Waals surface area (Å²) in [4.78, 5) is 29.0. The van der Waals surface area contributed by atoms with Crippen molar-refractivity contribution in [1.82, 2.24) is 10.3 Å². The molecule has 1 aromatic carbocycles. The van der Waals surface area contributed by atoms with Gasteiger partial charge in [0.1, 0.15) is 0 Å². The number of carbonyl (C=O) groups is 2. The van der Waals surface area contributed by atoms with E-state index in [1.807, 2.05) is 63.4 Å². The number of benzene rings is 1. The fraction of sp³-hybridized carbons (Fsp3) is 0.350. The molecule has 0 bridgehead atoms. The molecular formula is C20H25N3O2S. The van der Waals surface area contributed by atoms with Gasteiger partial charge in [-0.3, -0.25) is 14.6 Å². The largest absolute Gasteiger partial charge is 0.355 e. The number of aromatic nitrogens is 1. The van der Waals surface area contributed by atoms with E-state index in [2.05, 4.69) is 15.6 Å². The quantitative estimate of drug-likeness (QED) is 0.725. The minimum atomic E-state index is -0.445. The van der Waals surface area contributed by atoms with E-state index in [0.717, 1.165) is 16.3 Å². The Morgan fingerprint density at radius 3 is 2.46 bits per heavy atom. The van der Waals surface area contributed by atoms with Crippen molar-refractivity contribution in [2.24, 2.45) is 5.41 Å². The highest BCUT2D eigenvalue weighted by Gasteiger charge is 2.20. The van der Waals surface area contributed by atoms with Gasteiger partial charge >= 0.3 is 0 Å². The number of rotatable bonds is 7. The first-order chi connectivity index (χ1) is 12.3. The lowest BCUT2D eigenvalue weighted by Gasteiger charge is -2.17. The Morgan fingerprint density at radius 2 is 1.85 bits per heavy atom. The summed E-state index contributed by atoms with van der Waals surface area (Å²) in [6.45, 7) is 5.86. The molecule has 0 aliphatic rings. The summed E-state index contributed by atoms with van der Waals surface area (Å²) in [5.74, 6) is 0.683. The van der Waals surface area contributed by atoms with E-state index in [1.165, 1.54) is 5.56 Å². The maximum atomic E-state index is 12.0. The van der Waals surface area contributed by atoms with Gasteiger partial charge < -0.3 is 10.6 Å². The van der Waals surface area contributed by atoms with Crippen LogP contribution in [0.5, 0.6) is 0 Å². The van der Waals surface area contributed by atoms with Crippen LogP contribution in [0.1, 0.15) is 32.8 Å². The molecule has 0 aliphatic carbocycles. The molecule has 6 heteroatoms. The van der Waals surface area contributed by atoms with E-state index in [1.54, 1.807) is 18.0 Å². The van der Waals surface area contributed by atoms with Crippen molar-refractivity contribution in [3.8, 4) is 0 Å². The molecule has 0 spiro atoms. The molecule has 2 amide bonds. The number of hydrogen-bond donors (Lipinski definition) is 2. The topological polar surface area (TPSA) is 71.1 Å². The normalized spacial score (nSPS) is 11.0. The third-order valence-corrected chi connectivity index (χ3v) is 4.67. The predicted octanol–water partition coefficient (Wildman–Crippen LogP) is 3.86. The second kappa shape index (κ2) is 9.38. The average molecular weight is 372 g/mol. The van der Waals surface area contributed by atoms with Crippen LogP contribution in [-0.4, -0.2) is 23.3 Å². The number of carbonyl (C=O) groups excluding carboxylic acids is 2. The van der Waals surface area contributed by atoms with E-state index in [-0.39, 0.29) is 18.2 Å². The lowest BCUT2D eigenvalue weighted by Crippen LogP contribution is -2.36. The number of pyridine rings is 1. The van der Waals surface area contributed by atoms with Crippen molar-refractivity contribution in [2.45, 2.75) is 37.8 Å². The summed E-state index contributed by atoms with van der Waals surface area (Å²) in [6, 6.07) is 11.7. The number of nitrogens with one attached hydrogen (secondary N) is 2. The first kappa shape index (κ1) is 20.0. The van der Waals surface area contributed by atoms with Crippen molar-refractivity contribution in [3.05, 3.63) is 54.4 Å². The third kappa shape index (κ3) is 6.88. The average Bonchev–Trinajstić information content (AvgIpc) is 2.61. The van der Waals surface area contributed by atoms with E-state index in [0.29, 0.717) is 6.54 Å². The van der Waals surface area contributed by atoms with Crippen LogP contribution in [-0.2, 0) is 15.3 Å². The maximum absolute atomic E-state index is 12.0. The minimum absolute atomic E-state index is 0.0553. The van der Waals surface area contributed by atoms with Crippen LogP contribution in [0.3, 0.4) is 0 Å². The SMILES string of the molecule is CC(C)(C)C(=O)NCCC(=O)Nc1ccc(SCc2cccnc2)cc1.